The molecule has 0 aromatic heterocycles. The number of hydrogen-bond acceptors (Lipinski definition) is 10. The van der Waals surface area contributed by atoms with Gasteiger partial charge in [0, 0.05) is 7.11 Å². The zero-order valence-corrected chi connectivity index (χ0v) is 12.4. The highest BCUT2D eigenvalue weighted by Crippen LogP contribution is 2.29. The van der Waals surface area contributed by atoms with Crippen LogP contribution in [0.1, 0.15) is 0 Å². The molecule has 3 aliphatic rings. The normalized spacial score (nSPS) is 37.6. The van der Waals surface area contributed by atoms with Crippen molar-refractivity contribution in [3.05, 3.63) is 0 Å². The van der Waals surface area contributed by atoms with Gasteiger partial charge in [-0.05, 0) is 0 Å². The summed E-state index contributed by atoms with van der Waals surface area (Å²) in [6.07, 6.45) is -6.49. The number of alkyl halides is 1. The lowest BCUT2D eigenvalue weighted by atomic mass is 10.1. The molecule has 3 rings (SSSR count). The average molecular weight is 343 g/mol. The number of carboxylic acid groups (broad SMARTS) is 1. The number of aliphatic imine (C=N–C) groups is 4. The van der Waals surface area contributed by atoms with Crippen molar-refractivity contribution in [1.82, 2.24) is 0 Å². The predicted octanol–water partition coefficient (Wildman–Crippen LogP) is -1.30. The maximum atomic E-state index is 14.4. The topological polar surface area (TPSA) is 161 Å². The minimum Gasteiger partial charge on any atom is -0.450 e. The van der Waals surface area contributed by atoms with E-state index < -0.39 is 43.1 Å². The highest BCUT2D eigenvalue weighted by atomic mass is 19.1. The zero-order valence-electron chi connectivity index (χ0n) is 12.4. The van der Waals surface area contributed by atoms with E-state index >= 15 is 0 Å². The number of rotatable bonds is 4. The third kappa shape index (κ3) is 2.69. The molecule has 1 fully saturated rings. The van der Waals surface area contributed by atoms with E-state index in [0.717, 1.165) is 0 Å². The number of amidine groups is 2. The molecule has 11 nitrogen and oxygen atoms in total. The molecule has 24 heavy (non-hydrogen) atoms. The number of aliphatic hydroxyl groups is 1. The summed E-state index contributed by atoms with van der Waals surface area (Å²) in [5.41, 5.74) is 6.13. The summed E-state index contributed by atoms with van der Waals surface area (Å²) in [5.74, 6) is -1.80. The van der Waals surface area contributed by atoms with Crippen molar-refractivity contribution < 1.29 is 33.6 Å². The number of aliphatic hydroxyl groups excluding tert-OH is 1. The summed E-state index contributed by atoms with van der Waals surface area (Å²) in [5, 5.41) is 18.3. The van der Waals surface area contributed by atoms with Gasteiger partial charge in [0.05, 0.1) is 0 Å². The van der Waals surface area contributed by atoms with Crippen molar-refractivity contribution in [3.8, 4) is 0 Å². The van der Waals surface area contributed by atoms with Crippen LogP contribution in [0.3, 0.4) is 0 Å². The highest BCUT2D eigenvalue weighted by molar-refractivity contribution is 6.50. The Kier molecular flexibility index (Phi) is 4.13. The Morgan fingerprint density at radius 2 is 2.33 bits per heavy atom. The Hall–Kier alpha value is -2.28. The van der Waals surface area contributed by atoms with Crippen LogP contribution >= 0.6 is 0 Å². The van der Waals surface area contributed by atoms with Gasteiger partial charge in [0.2, 0.25) is 0 Å². The van der Waals surface area contributed by atoms with Crippen molar-refractivity contribution in [2.75, 3.05) is 13.7 Å². The van der Waals surface area contributed by atoms with Gasteiger partial charge in [-0.2, -0.15) is 0 Å². The lowest BCUT2D eigenvalue weighted by Crippen LogP contribution is -2.54. The van der Waals surface area contributed by atoms with Crippen LogP contribution in [0, 0.1) is 0 Å². The van der Waals surface area contributed by atoms with E-state index in [-0.39, 0.29) is 17.4 Å². The first-order valence-corrected chi connectivity index (χ1v) is 6.82. The van der Waals surface area contributed by atoms with Crippen LogP contribution in [-0.4, -0.2) is 84.1 Å². The van der Waals surface area contributed by atoms with Crippen molar-refractivity contribution in [1.29, 1.82) is 0 Å². The number of nitrogens with two attached hydrogens (primary N) is 1. The molecular formula is C12H14FN5O6. The lowest BCUT2D eigenvalue weighted by molar-refractivity contribution is -0.0239. The van der Waals surface area contributed by atoms with Gasteiger partial charge < -0.3 is 24.4 Å². The molecule has 0 radical (unpaired) electrons. The van der Waals surface area contributed by atoms with Crippen LogP contribution < -0.4 is 5.73 Å². The van der Waals surface area contributed by atoms with Crippen LogP contribution in [0.25, 0.3) is 0 Å². The number of ether oxygens (including phenoxy) is 3. The van der Waals surface area contributed by atoms with Gasteiger partial charge in [0.25, 0.3) is 5.85 Å². The second kappa shape index (κ2) is 5.98. The van der Waals surface area contributed by atoms with E-state index in [2.05, 4.69) is 24.7 Å². The molecular weight excluding hydrogens is 329 g/mol. The molecule has 0 aromatic rings. The monoisotopic (exact) mass is 343 g/mol. The molecule has 130 valence electrons. The van der Waals surface area contributed by atoms with Gasteiger partial charge in [-0.3, -0.25) is 5.73 Å². The molecule has 0 bridgehead atoms. The van der Waals surface area contributed by atoms with Crippen LogP contribution in [0.4, 0.5) is 9.18 Å². The summed E-state index contributed by atoms with van der Waals surface area (Å²) in [7, 11) is 1.28. The number of carbonyl (C=O) groups is 1. The zero-order chi connectivity index (χ0) is 17.5. The van der Waals surface area contributed by atoms with Crippen LogP contribution in [-0.2, 0) is 14.2 Å². The fourth-order valence-electron chi connectivity index (χ4n) is 2.44. The largest absolute Gasteiger partial charge is 0.505 e. The van der Waals surface area contributed by atoms with E-state index in [1.165, 1.54) is 13.4 Å². The summed E-state index contributed by atoms with van der Waals surface area (Å²) < 4.78 is 29.1. The smallest absolute Gasteiger partial charge is 0.450 e. The second-order valence-electron chi connectivity index (χ2n) is 5.14. The molecule has 3 aliphatic heterocycles. The average Bonchev–Trinajstić information content (AvgIpc) is 3.12. The van der Waals surface area contributed by atoms with E-state index in [1.807, 2.05) is 0 Å². The molecule has 0 aliphatic carbocycles. The molecule has 0 spiro atoms. The molecule has 2 unspecified atom stereocenters. The van der Waals surface area contributed by atoms with Gasteiger partial charge in [-0.15, -0.1) is 0 Å². The number of hydrogen-bond donors (Lipinski definition) is 3. The fraction of sp³-hybridized carbons (Fsp3) is 0.583. The van der Waals surface area contributed by atoms with Gasteiger partial charge in [0.1, 0.15) is 25.2 Å². The van der Waals surface area contributed by atoms with E-state index in [9.17, 15) is 14.3 Å². The Labute approximate surface area is 134 Å². The van der Waals surface area contributed by atoms with E-state index in [0.29, 0.717) is 0 Å². The quantitative estimate of drug-likeness (QED) is 0.422. The van der Waals surface area contributed by atoms with Crippen molar-refractivity contribution in [2.24, 2.45) is 25.7 Å². The van der Waals surface area contributed by atoms with E-state index in [1.54, 1.807) is 0 Å². The minimum absolute atomic E-state index is 0.0971. The fourth-order valence-corrected chi connectivity index (χ4v) is 2.44. The van der Waals surface area contributed by atoms with Crippen LogP contribution in [0.2, 0.25) is 0 Å². The molecule has 0 amide bonds. The third-order valence-corrected chi connectivity index (χ3v) is 3.67. The van der Waals surface area contributed by atoms with Crippen molar-refractivity contribution >= 4 is 29.9 Å². The maximum absolute atomic E-state index is 14.4. The summed E-state index contributed by atoms with van der Waals surface area (Å²) in [4.78, 5) is 26.2. The first kappa shape index (κ1) is 16.6. The third-order valence-electron chi connectivity index (χ3n) is 3.67. The van der Waals surface area contributed by atoms with Crippen LogP contribution in [0.15, 0.2) is 20.0 Å². The summed E-state index contributed by atoms with van der Waals surface area (Å²) >= 11 is 0. The van der Waals surface area contributed by atoms with Crippen LogP contribution in [0.5, 0.6) is 0 Å². The molecule has 4 N–H and O–H groups in total. The molecule has 12 heteroatoms. The van der Waals surface area contributed by atoms with Crippen molar-refractivity contribution in [2.45, 2.75) is 30.3 Å². The van der Waals surface area contributed by atoms with Gasteiger partial charge in [0.15, 0.2) is 29.7 Å². The Morgan fingerprint density at radius 3 is 3.00 bits per heavy atom. The number of fused-ring (bicyclic) bond motifs is 1. The number of nitrogens with zero attached hydrogens (tertiary/aromatic N) is 4. The van der Waals surface area contributed by atoms with Gasteiger partial charge in [-0.1, -0.05) is 0 Å². The molecule has 0 aromatic carbocycles. The molecule has 0 saturated carbocycles. The Bertz CT molecular complexity index is 679. The first-order valence-electron chi connectivity index (χ1n) is 6.82. The Morgan fingerprint density at radius 1 is 1.58 bits per heavy atom. The molecule has 3 heterocycles. The van der Waals surface area contributed by atoms with E-state index in [4.69, 9.17) is 20.3 Å². The van der Waals surface area contributed by atoms with Gasteiger partial charge >= 0.3 is 6.16 Å². The Balaban J connectivity index is 1.84. The van der Waals surface area contributed by atoms with Gasteiger partial charge in [-0.25, -0.2) is 29.2 Å². The SMILES string of the molecule is COC1(N)N=C(C2O[C@H](COC(=O)O)[C@@H](O)[C@@H]2F)N=C2N=CN=C21. The summed E-state index contributed by atoms with van der Waals surface area (Å²) in [6.45, 7) is -0.541. The first-order chi connectivity index (χ1) is 11.4. The predicted molar refractivity (Wildman–Crippen MR) is 78.3 cm³/mol. The summed E-state index contributed by atoms with van der Waals surface area (Å²) in [6, 6.07) is 0. The highest BCUT2D eigenvalue weighted by Gasteiger charge is 2.50. The second-order valence-corrected chi connectivity index (χ2v) is 5.14. The van der Waals surface area contributed by atoms with Crippen molar-refractivity contribution in [3.63, 3.8) is 0 Å². The lowest BCUT2D eigenvalue weighted by Gasteiger charge is -2.28. The standard InChI is InChI=1S/C12H14FN5O6/c1-22-12(14)8-10(16-3-15-8)17-9(18-12)7-5(13)6(19)4(24-7)2-23-11(20)21/h3-7,19H,2,14H2,1H3,(H,20,21)/t4-,5+,6-,7?,12?/m1/s1. The minimum atomic E-state index is -1.92. The maximum Gasteiger partial charge on any atom is 0.505 e. The number of methoxy groups -OCH3 is 1. The number of halogens is 1. The molecule has 1 saturated heterocycles. The molecule has 5 atom stereocenters.